The van der Waals surface area contributed by atoms with E-state index in [0.717, 1.165) is 48.2 Å². The molecule has 0 aromatic carbocycles. The molecule has 1 saturated heterocycles. The Morgan fingerprint density at radius 3 is 3.20 bits per heavy atom. The third-order valence-electron chi connectivity index (χ3n) is 3.63. The molecule has 0 amide bonds. The average molecular weight is 292 g/mol. The zero-order valence-electron chi connectivity index (χ0n) is 11.9. The molecule has 1 aliphatic rings. The summed E-state index contributed by atoms with van der Waals surface area (Å²) in [5.74, 6) is 2.39. The predicted molar refractivity (Wildman–Crippen MR) is 83.8 cm³/mol. The lowest BCUT2D eigenvalue weighted by Crippen LogP contribution is -2.22. The van der Waals surface area contributed by atoms with Crippen molar-refractivity contribution < 1.29 is 4.74 Å². The fraction of sp³-hybridized carbons (Fsp3) is 0.571. The Bertz CT molecular complexity index is 586. The normalized spacial score (nSPS) is 18.9. The van der Waals surface area contributed by atoms with Crippen LogP contribution in [0.2, 0.25) is 0 Å². The molecule has 2 aromatic heterocycles. The van der Waals surface area contributed by atoms with Crippen LogP contribution in [0.5, 0.6) is 0 Å². The molecule has 3 rings (SSSR count). The van der Waals surface area contributed by atoms with Crippen LogP contribution in [0, 0.1) is 5.92 Å². The molecule has 0 bridgehead atoms. The number of methoxy groups -OCH3 is 1. The van der Waals surface area contributed by atoms with Crippen molar-refractivity contribution in [3.05, 3.63) is 11.4 Å². The lowest BCUT2D eigenvalue weighted by Gasteiger charge is -2.19. The molecule has 0 spiro atoms. The lowest BCUT2D eigenvalue weighted by atomic mass is 10.1. The molecule has 1 atom stereocenters. The minimum absolute atomic E-state index is 0.603. The summed E-state index contributed by atoms with van der Waals surface area (Å²) in [6.07, 6.45) is 1.17. The highest BCUT2D eigenvalue weighted by Gasteiger charge is 2.25. The second-order valence-corrected chi connectivity index (χ2v) is 5.99. The highest BCUT2D eigenvalue weighted by Crippen LogP contribution is 2.32. The van der Waals surface area contributed by atoms with Gasteiger partial charge < -0.3 is 15.0 Å². The van der Waals surface area contributed by atoms with Crippen LogP contribution in [0.15, 0.2) is 11.4 Å². The van der Waals surface area contributed by atoms with Crippen molar-refractivity contribution in [2.45, 2.75) is 13.3 Å². The fourth-order valence-corrected chi connectivity index (χ4v) is 3.47. The standard InChI is InChI=1S/C14H20N4OS/c1-3-15-14-16-12(11-5-7-20-13(11)17-14)18-6-4-10(8-18)9-19-2/h5,7,10H,3-4,6,8-9H2,1-2H3,(H,15,16,17). The summed E-state index contributed by atoms with van der Waals surface area (Å²) in [6.45, 7) is 5.78. The van der Waals surface area contributed by atoms with Gasteiger partial charge in [0.1, 0.15) is 10.6 Å². The molecular weight excluding hydrogens is 272 g/mol. The molecule has 3 heterocycles. The van der Waals surface area contributed by atoms with Crippen molar-refractivity contribution in [1.29, 1.82) is 0 Å². The zero-order valence-corrected chi connectivity index (χ0v) is 12.7. The molecule has 108 valence electrons. The van der Waals surface area contributed by atoms with Gasteiger partial charge in [-0.2, -0.15) is 4.98 Å². The van der Waals surface area contributed by atoms with E-state index in [1.54, 1.807) is 18.4 Å². The molecule has 1 N–H and O–H groups in total. The molecule has 1 unspecified atom stereocenters. The zero-order chi connectivity index (χ0) is 13.9. The SMILES string of the molecule is CCNc1nc(N2CCC(COC)C2)c2ccsc2n1. The van der Waals surface area contributed by atoms with Crippen molar-refractivity contribution in [3.8, 4) is 0 Å². The summed E-state index contributed by atoms with van der Waals surface area (Å²) in [5.41, 5.74) is 0. The van der Waals surface area contributed by atoms with E-state index < -0.39 is 0 Å². The number of aromatic nitrogens is 2. The van der Waals surface area contributed by atoms with Crippen LogP contribution >= 0.6 is 11.3 Å². The maximum Gasteiger partial charge on any atom is 0.226 e. The average Bonchev–Trinajstić information content (AvgIpc) is 3.07. The van der Waals surface area contributed by atoms with E-state index in [0.29, 0.717) is 5.92 Å². The first-order chi connectivity index (χ1) is 9.81. The van der Waals surface area contributed by atoms with Gasteiger partial charge in [-0.3, -0.25) is 0 Å². The van der Waals surface area contributed by atoms with Crippen molar-refractivity contribution in [3.63, 3.8) is 0 Å². The second kappa shape index (κ2) is 5.93. The quantitative estimate of drug-likeness (QED) is 0.918. The number of fused-ring (bicyclic) bond motifs is 1. The van der Waals surface area contributed by atoms with Gasteiger partial charge in [-0.1, -0.05) is 0 Å². The van der Waals surface area contributed by atoms with Crippen molar-refractivity contribution in [2.24, 2.45) is 5.92 Å². The summed E-state index contributed by atoms with van der Waals surface area (Å²) < 4.78 is 5.28. The van der Waals surface area contributed by atoms with Crippen LogP contribution in [0.25, 0.3) is 10.2 Å². The highest BCUT2D eigenvalue weighted by molar-refractivity contribution is 7.16. The minimum Gasteiger partial charge on any atom is -0.384 e. The Labute approximate surface area is 123 Å². The van der Waals surface area contributed by atoms with Crippen LogP contribution in [-0.4, -0.2) is 43.3 Å². The number of nitrogens with one attached hydrogen (secondary N) is 1. The van der Waals surface area contributed by atoms with E-state index in [2.05, 4.69) is 33.6 Å². The number of ether oxygens (including phenoxy) is 1. The second-order valence-electron chi connectivity index (χ2n) is 5.10. The topological polar surface area (TPSA) is 50.3 Å². The Morgan fingerprint density at radius 2 is 2.40 bits per heavy atom. The largest absolute Gasteiger partial charge is 0.384 e. The van der Waals surface area contributed by atoms with Gasteiger partial charge in [0.15, 0.2) is 0 Å². The first-order valence-corrected chi connectivity index (χ1v) is 7.92. The van der Waals surface area contributed by atoms with Gasteiger partial charge in [-0.25, -0.2) is 4.98 Å². The first-order valence-electron chi connectivity index (χ1n) is 7.04. The minimum atomic E-state index is 0.603. The molecule has 6 heteroatoms. The molecule has 0 aliphatic carbocycles. The van der Waals surface area contributed by atoms with Gasteiger partial charge >= 0.3 is 0 Å². The van der Waals surface area contributed by atoms with Gasteiger partial charge in [0.25, 0.3) is 0 Å². The summed E-state index contributed by atoms with van der Waals surface area (Å²) >= 11 is 1.67. The molecule has 5 nitrogen and oxygen atoms in total. The molecule has 2 aromatic rings. The number of thiophene rings is 1. The van der Waals surface area contributed by atoms with Gasteiger partial charge in [-0.05, 0) is 24.8 Å². The van der Waals surface area contributed by atoms with E-state index in [1.807, 2.05) is 0 Å². The van der Waals surface area contributed by atoms with Gasteiger partial charge in [0.05, 0.1) is 12.0 Å². The fourth-order valence-electron chi connectivity index (χ4n) is 2.71. The van der Waals surface area contributed by atoms with Gasteiger partial charge in [-0.15, -0.1) is 11.3 Å². The molecule has 20 heavy (non-hydrogen) atoms. The summed E-state index contributed by atoms with van der Waals surface area (Å²) in [6, 6.07) is 2.12. The number of anilines is 2. The van der Waals surface area contributed by atoms with Crippen molar-refractivity contribution >= 4 is 33.3 Å². The van der Waals surface area contributed by atoms with Crippen LogP contribution in [0.1, 0.15) is 13.3 Å². The van der Waals surface area contributed by atoms with Crippen LogP contribution in [0.4, 0.5) is 11.8 Å². The third-order valence-corrected chi connectivity index (χ3v) is 4.43. The van der Waals surface area contributed by atoms with Crippen molar-refractivity contribution in [2.75, 3.05) is 43.6 Å². The Morgan fingerprint density at radius 1 is 1.50 bits per heavy atom. The number of rotatable bonds is 5. The molecule has 1 aliphatic heterocycles. The number of hydrogen-bond donors (Lipinski definition) is 1. The predicted octanol–water partition coefficient (Wildman–Crippen LogP) is 2.60. The highest BCUT2D eigenvalue weighted by atomic mass is 32.1. The molecule has 0 saturated carbocycles. The number of nitrogens with zero attached hydrogens (tertiary/aromatic N) is 3. The lowest BCUT2D eigenvalue weighted by molar-refractivity contribution is 0.161. The van der Waals surface area contributed by atoms with E-state index in [1.165, 1.54) is 6.42 Å². The summed E-state index contributed by atoms with van der Waals surface area (Å²) in [7, 11) is 1.77. The van der Waals surface area contributed by atoms with Gasteiger partial charge in [0, 0.05) is 32.7 Å². The Balaban J connectivity index is 1.91. The van der Waals surface area contributed by atoms with Gasteiger partial charge in [0.2, 0.25) is 5.95 Å². The van der Waals surface area contributed by atoms with Crippen LogP contribution in [-0.2, 0) is 4.74 Å². The van der Waals surface area contributed by atoms with Crippen LogP contribution in [0.3, 0.4) is 0 Å². The summed E-state index contributed by atoms with van der Waals surface area (Å²) in [5, 5.41) is 6.47. The molecule has 1 fully saturated rings. The molecular formula is C14H20N4OS. The maximum absolute atomic E-state index is 5.28. The Kier molecular flexibility index (Phi) is 4.03. The Hall–Kier alpha value is -1.40. The summed E-state index contributed by atoms with van der Waals surface area (Å²) in [4.78, 5) is 12.7. The van der Waals surface area contributed by atoms with E-state index in [4.69, 9.17) is 9.72 Å². The third kappa shape index (κ3) is 2.58. The maximum atomic E-state index is 5.28. The monoisotopic (exact) mass is 292 g/mol. The van der Waals surface area contributed by atoms with E-state index in [-0.39, 0.29) is 0 Å². The van der Waals surface area contributed by atoms with E-state index >= 15 is 0 Å². The number of hydrogen-bond acceptors (Lipinski definition) is 6. The first kappa shape index (κ1) is 13.6. The van der Waals surface area contributed by atoms with E-state index in [9.17, 15) is 0 Å². The smallest absolute Gasteiger partial charge is 0.226 e. The van der Waals surface area contributed by atoms with Crippen LogP contribution < -0.4 is 10.2 Å². The van der Waals surface area contributed by atoms with Crippen molar-refractivity contribution in [1.82, 2.24) is 9.97 Å². The molecule has 0 radical (unpaired) electrons.